The molecule has 0 atom stereocenters. The quantitative estimate of drug-likeness (QED) is 0.456. The molecule has 0 amide bonds. The number of benzene rings is 2. The second kappa shape index (κ2) is 5.05. The number of fused-ring (bicyclic) bond motifs is 4. The van der Waals surface area contributed by atoms with Gasteiger partial charge in [0.25, 0.3) is 0 Å². The molecule has 2 aliphatic carbocycles. The van der Waals surface area contributed by atoms with Crippen molar-refractivity contribution in [2.75, 3.05) is 0 Å². The Hall–Kier alpha value is -0.980. The van der Waals surface area contributed by atoms with Crippen LogP contribution in [0, 0.1) is 13.8 Å². The van der Waals surface area contributed by atoms with E-state index >= 15 is 0 Å². The zero-order chi connectivity index (χ0) is 18.4. The van der Waals surface area contributed by atoms with Crippen molar-refractivity contribution in [3.05, 3.63) is 67.7 Å². The average molecular weight is 373 g/mol. The molecule has 132 valence electrons. The number of hydrogen-bond donors (Lipinski definition) is 0. The fraction of sp³-hybridized carbons (Fsp3) is 0.478. The first-order valence-electron chi connectivity index (χ1n) is 9.10. The highest BCUT2D eigenvalue weighted by Gasteiger charge is 2.57. The molecular formula is C23H26Cl2. The number of halogens is 2. The van der Waals surface area contributed by atoms with Crippen LogP contribution in [0.15, 0.2) is 24.3 Å². The van der Waals surface area contributed by atoms with Crippen molar-refractivity contribution < 1.29 is 0 Å². The molecule has 0 unspecified atom stereocenters. The Morgan fingerprint density at radius 1 is 0.680 bits per heavy atom. The van der Waals surface area contributed by atoms with Crippen LogP contribution in [0.1, 0.15) is 73.9 Å². The molecule has 0 heterocycles. The van der Waals surface area contributed by atoms with E-state index in [0.29, 0.717) is 0 Å². The van der Waals surface area contributed by atoms with Crippen LogP contribution in [0.5, 0.6) is 0 Å². The van der Waals surface area contributed by atoms with Crippen molar-refractivity contribution >= 4 is 23.2 Å². The summed E-state index contributed by atoms with van der Waals surface area (Å²) < 4.78 is 0. The molecule has 25 heavy (non-hydrogen) atoms. The lowest BCUT2D eigenvalue weighted by Gasteiger charge is -2.31. The first-order chi connectivity index (χ1) is 11.5. The summed E-state index contributed by atoms with van der Waals surface area (Å²) in [5.74, 6) is 0. The predicted octanol–water partition coefficient (Wildman–Crippen LogP) is 7.26. The minimum absolute atomic E-state index is 0.0762. The maximum atomic E-state index is 6.87. The molecule has 0 nitrogen and oxygen atoms in total. The van der Waals surface area contributed by atoms with Gasteiger partial charge in [-0.05, 0) is 83.0 Å². The highest BCUT2D eigenvalue weighted by Crippen LogP contribution is 2.65. The molecule has 0 aromatic heterocycles. The summed E-state index contributed by atoms with van der Waals surface area (Å²) in [6, 6.07) is 8.92. The Morgan fingerprint density at radius 2 is 1.04 bits per heavy atom. The molecular weight excluding hydrogens is 347 g/mol. The molecule has 0 bridgehead atoms. The third-order valence-electron chi connectivity index (χ3n) is 6.37. The van der Waals surface area contributed by atoms with Gasteiger partial charge < -0.3 is 0 Å². The van der Waals surface area contributed by atoms with E-state index in [9.17, 15) is 0 Å². The van der Waals surface area contributed by atoms with Gasteiger partial charge in [0.2, 0.25) is 0 Å². The second-order valence-corrected chi connectivity index (χ2v) is 10.4. The lowest BCUT2D eigenvalue weighted by Crippen LogP contribution is -2.27. The topological polar surface area (TPSA) is 0 Å². The van der Waals surface area contributed by atoms with Gasteiger partial charge in [0.15, 0.2) is 0 Å². The van der Waals surface area contributed by atoms with Gasteiger partial charge in [-0.1, -0.05) is 63.0 Å². The zero-order valence-corrected chi connectivity index (χ0v) is 17.5. The molecule has 2 heteroatoms. The summed E-state index contributed by atoms with van der Waals surface area (Å²) in [4.78, 5) is 0. The molecule has 1 spiro atoms. The van der Waals surface area contributed by atoms with E-state index in [4.69, 9.17) is 23.2 Å². The summed E-state index contributed by atoms with van der Waals surface area (Å²) in [6.07, 6.45) is 2.13. The molecule has 4 rings (SSSR count). The fourth-order valence-corrected chi connectivity index (χ4v) is 6.67. The smallest absolute Gasteiger partial charge is 0.0452 e. The van der Waals surface area contributed by atoms with Crippen LogP contribution in [-0.4, -0.2) is 0 Å². The molecule has 0 saturated heterocycles. The monoisotopic (exact) mass is 372 g/mol. The highest BCUT2D eigenvalue weighted by atomic mass is 35.5. The van der Waals surface area contributed by atoms with E-state index < -0.39 is 0 Å². The normalized spacial score (nSPS) is 21.4. The number of rotatable bonds is 0. The minimum Gasteiger partial charge on any atom is -0.0840 e. The van der Waals surface area contributed by atoms with Crippen LogP contribution in [0.25, 0.3) is 0 Å². The first kappa shape index (κ1) is 17.4. The van der Waals surface area contributed by atoms with Crippen LogP contribution < -0.4 is 0 Å². The van der Waals surface area contributed by atoms with Gasteiger partial charge in [-0.2, -0.15) is 0 Å². The van der Waals surface area contributed by atoms with Crippen LogP contribution in [0.2, 0.25) is 10.0 Å². The Labute approximate surface area is 161 Å². The third-order valence-corrected chi connectivity index (χ3v) is 6.97. The van der Waals surface area contributed by atoms with Crippen molar-refractivity contribution in [1.82, 2.24) is 0 Å². The SMILES string of the molecule is Cc1cc(Cl)c2c(c1)C(C)(C)CC21CC(C)(C)c2cc(C)cc(Cl)c21. The van der Waals surface area contributed by atoms with Gasteiger partial charge in [0.1, 0.15) is 0 Å². The van der Waals surface area contributed by atoms with Gasteiger partial charge in [-0.15, -0.1) is 0 Å². The van der Waals surface area contributed by atoms with Crippen molar-refractivity contribution in [3.8, 4) is 0 Å². The third kappa shape index (κ3) is 2.26. The van der Waals surface area contributed by atoms with E-state index in [1.165, 1.54) is 33.4 Å². The highest BCUT2D eigenvalue weighted by molar-refractivity contribution is 6.33. The predicted molar refractivity (Wildman–Crippen MR) is 108 cm³/mol. The standard InChI is InChI=1S/C23H26Cl2/c1-13-7-15-19(17(24)9-13)23(11-21(15,3)4)12-22(5,6)16-8-14(2)10-18(25)20(16)23/h7-10H,11-12H2,1-6H3. The lowest BCUT2D eigenvalue weighted by atomic mass is 9.72. The molecule has 2 aliphatic rings. The summed E-state index contributed by atoms with van der Waals surface area (Å²) in [6.45, 7) is 13.7. The van der Waals surface area contributed by atoms with Crippen LogP contribution in [0.3, 0.4) is 0 Å². The molecule has 2 aromatic rings. The molecule has 0 N–H and O–H groups in total. The van der Waals surface area contributed by atoms with Crippen molar-refractivity contribution in [2.45, 2.75) is 70.6 Å². The Bertz CT molecular complexity index is 827. The average Bonchev–Trinajstić information content (AvgIpc) is 2.77. The Balaban J connectivity index is 2.11. The molecule has 0 radical (unpaired) electrons. The van der Waals surface area contributed by atoms with E-state index in [0.717, 1.165) is 22.9 Å². The zero-order valence-electron chi connectivity index (χ0n) is 16.0. The van der Waals surface area contributed by atoms with E-state index in [2.05, 4.69) is 65.8 Å². The summed E-state index contributed by atoms with van der Waals surface area (Å²) >= 11 is 13.7. The van der Waals surface area contributed by atoms with E-state index in [1.807, 2.05) is 0 Å². The fourth-order valence-electron chi connectivity index (χ4n) is 5.77. The Morgan fingerprint density at radius 3 is 1.40 bits per heavy atom. The molecule has 0 aliphatic heterocycles. The summed E-state index contributed by atoms with van der Waals surface area (Å²) in [5.41, 5.74) is 8.03. The van der Waals surface area contributed by atoms with Gasteiger partial charge >= 0.3 is 0 Å². The number of hydrogen-bond acceptors (Lipinski definition) is 0. The van der Waals surface area contributed by atoms with E-state index in [1.54, 1.807) is 0 Å². The van der Waals surface area contributed by atoms with Crippen molar-refractivity contribution in [2.24, 2.45) is 0 Å². The van der Waals surface area contributed by atoms with Gasteiger partial charge in [-0.25, -0.2) is 0 Å². The maximum absolute atomic E-state index is 6.87. The molecule has 2 aromatic carbocycles. The molecule has 0 fully saturated rings. The maximum Gasteiger partial charge on any atom is 0.0452 e. The summed E-state index contributed by atoms with van der Waals surface area (Å²) in [7, 11) is 0. The van der Waals surface area contributed by atoms with Crippen LogP contribution >= 0.6 is 23.2 Å². The van der Waals surface area contributed by atoms with Gasteiger partial charge in [-0.3, -0.25) is 0 Å². The molecule has 0 saturated carbocycles. The van der Waals surface area contributed by atoms with E-state index in [-0.39, 0.29) is 16.2 Å². The first-order valence-corrected chi connectivity index (χ1v) is 9.86. The Kier molecular flexibility index (Phi) is 3.52. The van der Waals surface area contributed by atoms with Crippen molar-refractivity contribution in [1.29, 1.82) is 0 Å². The van der Waals surface area contributed by atoms with Gasteiger partial charge in [0.05, 0.1) is 0 Å². The minimum atomic E-state index is -0.0762. The van der Waals surface area contributed by atoms with Crippen LogP contribution in [-0.2, 0) is 16.2 Å². The lowest BCUT2D eigenvalue weighted by molar-refractivity contribution is 0.350. The van der Waals surface area contributed by atoms with Crippen molar-refractivity contribution in [3.63, 3.8) is 0 Å². The number of aryl methyl sites for hydroxylation is 2. The second-order valence-electron chi connectivity index (χ2n) is 9.54. The van der Waals surface area contributed by atoms with Gasteiger partial charge in [0, 0.05) is 15.5 Å². The van der Waals surface area contributed by atoms with Crippen LogP contribution in [0.4, 0.5) is 0 Å². The summed E-state index contributed by atoms with van der Waals surface area (Å²) in [5, 5.41) is 1.81. The largest absolute Gasteiger partial charge is 0.0840 e.